The van der Waals surface area contributed by atoms with Crippen molar-refractivity contribution >= 4 is 69.8 Å². The van der Waals surface area contributed by atoms with Crippen LogP contribution in [-0.4, -0.2) is 66.9 Å². The summed E-state index contributed by atoms with van der Waals surface area (Å²) in [6.07, 6.45) is 0.419. The van der Waals surface area contributed by atoms with Crippen molar-refractivity contribution in [3.05, 3.63) is 44.4 Å². The van der Waals surface area contributed by atoms with E-state index in [1.165, 1.54) is 11.8 Å². The molecule has 4 heterocycles. The van der Waals surface area contributed by atoms with Crippen LogP contribution < -0.4 is 14.9 Å². The Labute approximate surface area is 243 Å². The van der Waals surface area contributed by atoms with Gasteiger partial charge in [-0.15, -0.1) is 11.8 Å². The fourth-order valence-corrected chi connectivity index (χ4v) is 11.0. The van der Waals surface area contributed by atoms with Crippen LogP contribution in [-0.2, 0) is 24.0 Å². The van der Waals surface area contributed by atoms with Crippen LogP contribution in [0.3, 0.4) is 0 Å². The van der Waals surface area contributed by atoms with Gasteiger partial charge in [-0.3, -0.25) is 43.8 Å². The third-order valence-electron chi connectivity index (χ3n) is 8.70. The molecule has 7 rings (SSSR count). The highest BCUT2D eigenvalue weighted by molar-refractivity contribution is 8.15. The number of aromatic nitrogens is 1. The molecular formula is C26H21N3O9S3. The van der Waals surface area contributed by atoms with Gasteiger partial charge in [-0.2, -0.15) is 0 Å². The number of nitrogens with zero attached hydrogens (tertiary/aromatic N) is 1. The standard InChI is InChI=1S/C26H21N3O9S3/c30-13(31)7-29-23(34)17-10-5-11(18(17)24(29)35)19-16(10)15(20-22(40-19)28-26(37)41-20)8-1-3-9(4-2-8)38-14(32)6-12-21(33)27-25(36)39-12/h1-4,10-12,15-19H,5-7H2,(H,28,37)(H,30,31)(H,27,33,36)/t10-,11-,12+,15+,16-,17+,18-,19+/m1/s1. The Balaban J connectivity index is 1.16. The quantitative estimate of drug-likeness (QED) is 0.244. The predicted molar refractivity (Wildman–Crippen MR) is 144 cm³/mol. The van der Waals surface area contributed by atoms with Gasteiger partial charge >= 0.3 is 16.8 Å². The summed E-state index contributed by atoms with van der Waals surface area (Å²) in [6, 6.07) is 6.86. The van der Waals surface area contributed by atoms with E-state index in [0.29, 0.717) is 6.42 Å². The highest BCUT2D eigenvalue weighted by Crippen LogP contribution is 2.68. The number of fused-ring (bicyclic) bond motifs is 9. The maximum Gasteiger partial charge on any atom is 0.323 e. The summed E-state index contributed by atoms with van der Waals surface area (Å²) >= 11 is 3.39. The largest absolute Gasteiger partial charge is 0.480 e. The second-order valence-corrected chi connectivity index (χ2v) is 14.1. The molecule has 4 fully saturated rings. The number of hydrogen-bond donors (Lipinski definition) is 3. The first-order valence-electron chi connectivity index (χ1n) is 12.9. The molecule has 3 aliphatic heterocycles. The van der Waals surface area contributed by atoms with Gasteiger partial charge in [-0.05, 0) is 41.9 Å². The second kappa shape index (κ2) is 9.56. The Bertz CT molecular complexity index is 1600. The molecule has 8 atom stereocenters. The molecule has 4 amide bonds. The molecule has 2 saturated heterocycles. The van der Waals surface area contributed by atoms with Crippen molar-refractivity contribution in [3.63, 3.8) is 0 Å². The molecule has 41 heavy (non-hydrogen) atoms. The summed E-state index contributed by atoms with van der Waals surface area (Å²) in [6.45, 7) is -0.642. The number of aromatic amines is 1. The van der Waals surface area contributed by atoms with E-state index in [-0.39, 0.29) is 46.0 Å². The minimum absolute atomic E-state index is 0.0409. The molecule has 212 valence electrons. The van der Waals surface area contributed by atoms with Crippen LogP contribution in [0.5, 0.6) is 5.75 Å². The highest BCUT2D eigenvalue weighted by atomic mass is 32.2. The van der Waals surface area contributed by atoms with E-state index < -0.39 is 58.5 Å². The molecule has 3 N–H and O–H groups in total. The number of amides is 4. The first-order chi connectivity index (χ1) is 19.6. The number of thiazole rings is 1. The molecule has 1 aromatic heterocycles. The first kappa shape index (κ1) is 26.5. The summed E-state index contributed by atoms with van der Waals surface area (Å²) in [5.41, 5.74) is 0.858. The van der Waals surface area contributed by atoms with Crippen molar-refractivity contribution in [2.24, 2.45) is 29.6 Å². The van der Waals surface area contributed by atoms with E-state index in [0.717, 1.165) is 43.5 Å². The van der Waals surface area contributed by atoms with Gasteiger partial charge in [0.25, 0.3) is 5.24 Å². The first-order valence-corrected chi connectivity index (χ1v) is 15.5. The molecule has 15 heteroatoms. The minimum Gasteiger partial charge on any atom is -0.480 e. The molecule has 0 radical (unpaired) electrons. The molecule has 1 aromatic carbocycles. The number of ether oxygens (including phenoxy) is 1. The van der Waals surface area contributed by atoms with E-state index in [4.69, 9.17) is 4.74 Å². The van der Waals surface area contributed by atoms with Crippen LogP contribution in [0.4, 0.5) is 4.79 Å². The number of imide groups is 2. The molecule has 2 aliphatic carbocycles. The maximum atomic E-state index is 13.3. The van der Waals surface area contributed by atoms with Crippen LogP contribution in [0.2, 0.25) is 0 Å². The van der Waals surface area contributed by atoms with Gasteiger partial charge in [0.15, 0.2) is 0 Å². The number of nitrogens with one attached hydrogen (secondary N) is 2. The van der Waals surface area contributed by atoms with E-state index >= 15 is 0 Å². The Morgan fingerprint density at radius 3 is 2.37 bits per heavy atom. The summed E-state index contributed by atoms with van der Waals surface area (Å²) in [4.78, 5) is 90.2. The zero-order valence-corrected chi connectivity index (χ0v) is 23.4. The zero-order valence-electron chi connectivity index (χ0n) is 20.9. The van der Waals surface area contributed by atoms with E-state index in [2.05, 4.69) is 10.3 Å². The van der Waals surface area contributed by atoms with Crippen molar-refractivity contribution in [2.45, 2.75) is 34.3 Å². The van der Waals surface area contributed by atoms with Crippen molar-refractivity contribution in [1.82, 2.24) is 15.2 Å². The normalized spacial score (nSPS) is 33.0. The number of carbonyl (C=O) groups is 6. The minimum atomic E-state index is -1.23. The zero-order chi connectivity index (χ0) is 28.7. The molecule has 2 bridgehead atoms. The van der Waals surface area contributed by atoms with E-state index in [1.54, 1.807) is 24.3 Å². The van der Waals surface area contributed by atoms with Gasteiger partial charge in [-0.25, -0.2) is 0 Å². The third kappa shape index (κ3) is 4.15. The monoisotopic (exact) mass is 615 g/mol. The van der Waals surface area contributed by atoms with Crippen molar-refractivity contribution in [1.29, 1.82) is 0 Å². The SMILES string of the molecule is O=C(O)CN1C(=O)[C@@H]2[C@H]3C[C@@H]([C@@H]2C1=O)[C@@H]1[C@H](c2ccc(OC(=O)C[C@@H]4SC(=O)NC4=O)cc2)c2sc(=O)[nH]c2S[C@@H]31. The lowest BCUT2D eigenvalue weighted by molar-refractivity contribution is -0.149. The number of carbonyl (C=O) groups excluding carboxylic acids is 5. The van der Waals surface area contributed by atoms with Gasteiger partial charge in [0.2, 0.25) is 17.7 Å². The van der Waals surface area contributed by atoms with E-state index in [9.17, 15) is 38.7 Å². The lowest BCUT2D eigenvalue weighted by atomic mass is 9.68. The van der Waals surface area contributed by atoms with Gasteiger partial charge in [-0.1, -0.05) is 35.2 Å². The van der Waals surface area contributed by atoms with Crippen LogP contribution in [0.15, 0.2) is 34.1 Å². The lowest BCUT2D eigenvalue weighted by Crippen LogP contribution is -2.42. The van der Waals surface area contributed by atoms with Crippen molar-refractivity contribution in [2.75, 3.05) is 6.54 Å². The molecule has 12 nitrogen and oxygen atoms in total. The molecular weight excluding hydrogens is 594 g/mol. The topological polar surface area (TPSA) is 180 Å². The number of rotatable bonds is 6. The Hall–Kier alpha value is -3.43. The van der Waals surface area contributed by atoms with Crippen LogP contribution in [0.25, 0.3) is 0 Å². The molecule has 2 aromatic rings. The van der Waals surface area contributed by atoms with Crippen molar-refractivity contribution in [3.8, 4) is 5.75 Å². The Morgan fingerprint density at radius 1 is 1.00 bits per heavy atom. The number of likely N-dealkylation sites (tertiary alicyclic amines) is 1. The fraction of sp³-hybridized carbons (Fsp3) is 0.423. The fourth-order valence-electron chi connectivity index (χ4n) is 7.34. The van der Waals surface area contributed by atoms with Crippen LogP contribution in [0, 0.1) is 29.6 Å². The number of carboxylic acid groups (broad SMARTS) is 1. The van der Waals surface area contributed by atoms with Crippen LogP contribution in [0.1, 0.15) is 29.2 Å². The average molecular weight is 616 g/mol. The number of thioether (sulfide) groups is 2. The van der Waals surface area contributed by atoms with Gasteiger partial charge in [0, 0.05) is 16.0 Å². The number of carboxylic acids is 1. The van der Waals surface area contributed by atoms with Crippen molar-refractivity contribution < 1.29 is 38.6 Å². The Kier molecular flexibility index (Phi) is 6.17. The summed E-state index contributed by atoms with van der Waals surface area (Å²) in [5, 5.41) is 10.8. The summed E-state index contributed by atoms with van der Waals surface area (Å²) < 4.78 is 5.40. The summed E-state index contributed by atoms with van der Waals surface area (Å²) in [5.74, 6) is -4.71. The maximum absolute atomic E-state index is 13.3. The molecule has 0 unspecified atom stereocenters. The van der Waals surface area contributed by atoms with Gasteiger partial charge in [0.05, 0.1) is 23.3 Å². The lowest BCUT2D eigenvalue weighted by Gasteiger charge is -2.43. The van der Waals surface area contributed by atoms with Gasteiger partial charge in [0.1, 0.15) is 17.5 Å². The predicted octanol–water partition coefficient (Wildman–Crippen LogP) is 1.64. The second-order valence-electron chi connectivity index (χ2n) is 10.7. The highest BCUT2D eigenvalue weighted by Gasteiger charge is 2.69. The smallest absolute Gasteiger partial charge is 0.323 e. The average Bonchev–Trinajstić information content (AvgIpc) is 3.69. The number of esters is 1. The van der Waals surface area contributed by atoms with Crippen LogP contribution >= 0.6 is 34.9 Å². The third-order valence-corrected chi connectivity index (χ3v) is 12.3. The number of H-pyrrole nitrogens is 1. The molecule has 2 saturated carbocycles. The van der Waals surface area contributed by atoms with Gasteiger partial charge < -0.3 is 14.8 Å². The number of benzene rings is 1. The Morgan fingerprint density at radius 2 is 1.71 bits per heavy atom. The summed E-state index contributed by atoms with van der Waals surface area (Å²) in [7, 11) is 0. The molecule has 0 spiro atoms. The molecule has 5 aliphatic rings. The number of aliphatic carboxylic acids is 1. The number of hydrogen-bond acceptors (Lipinski definition) is 11. The van der Waals surface area contributed by atoms with E-state index in [1.807, 2.05) is 0 Å².